The number of aliphatic imine (C=N–C) groups is 1. The van der Waals surface area contributed by atoms with E-state index >= 15 is 0 Å². The molecule has 38 heavy (non-hydrogen) atoms. The first-order valence-electron chi connectivity index (χ1n) is 12.9. The Morgan fingerprint density at radius 2 is 1.82 bits per heavy atom. The quantitative estimate of drug-likeness (QED) is 0.181. The van der Waals surface area contributed by atoms with Crippen LogP contribution in [0.25, 0.3) is 0 Å². The molecule has 2 aliphatic rings. The van der Waals surface area contributed by atoms with Crippen LogP contribution in [0, 0.1) is 12.8 Å². The number of ether oxygens (including phenoxy) is 1. The summed E-state index contributed by atoms with van der Waals surface area (Å²) in [6, 6.07) is 29.3. The van der Waals surface area contributed by atoms with Gasteiger partial charge in [0.15, 0.2) is 0 Å². The summed E-state index contributed by atoms with van der Waals surface area (Å²) < 4.78 is 7.15. The second kappa shape index (κ2) is 10.8. The topological polar surface area (TPSA) is 33.6 Å². The predicted molar refractivity (Wildman–Crippen MR) is 161 cm³/mol. The Balaban J connectivity index is 1.19. The molecule has 0 saturated carbocycles. The van der Waals surface area contributed by atoms with E-state index < -0.39 is 0 Å². The summed E-state index contributed by atoms with van der Waals surface area (Å²) in [5.74, 6) is 1.74. The van der Waals surface area contributed by atoms with Crippen LogP contribution in [0.3, 0.4) is 0 Å². The van der Waals surface area contributed by atoms with Crippen molar-refractivity contribution >= 4 is 45.1 Å². The van der Waals surface area contributed by atoms with Gasteiger partial charge in [-0.25, -0.2) is 0 Å². The Hall–Kier alpha value is -3.34. The molecule has 3 atom stereocenters. The zero-order valence-corrected chi connectivity index (χ0v) is 23.4. The van der Waals surface area contributed by atoms with Gasteiger partial charge in [0.2, 0.25) is 0 Å². The van der Waals surface area contributed by atoms with Crippen LogP contribution >= 0.6 is 27.5 Å². The van der Waals surface area contributed by atoms with E-state index in [2.05, 4.69) is 82.8 Å². The summed E-state index contributed by atoms with van der Waals surface area (Å²) in [7, 11) is 0. The lowest BCUT2D eigenvalue weighted by molar-refractivity contribution is 0.306. The van der Waals surface area contributed by atoms with Gasteiger partial charge in [0, 0.05) is 32.9 Å². The van der Waals surface area contributed by atoms with E-state index in [1.54, 1.807) is 0 Å². The summed E-state index contributed by atoms with van der Waals surface area (Å²) in [4.78, 5) is 4.74. The summed E-state index contributed by atoms with van der Waals surface area (Å²) >= 11 is 9.77. The highest BCUT2D eigenvalue weighted by atomic mass is 79.9. The minimum atomic E-state index is 0.273. The maximum atomic E-state index is 6.29. The number of hydrogen-bond donors (Lipinski definition) is 1. The van der Waals surface area contributed by atoms with Gasteiger partial charge in [-0.1, -0.05) is 81.6 Å². The SMILES string of the molecule is Cc1ccc2c(c1)[C@@H]1C=CC[C@@H]1[C@@H](c1ccc(N=Cc3cc(Cl)ccc3OCc3ccc(Br)cc3)cc1)N2. The van der Waals surface area contributed by atoms with E-state index in [0.717, 1.165) is 33.5 Å². The normalized spacial score (nSPS) is 19.7. The van der Waals surface area contributed by atoms with Crippen LogP contribution in [0.2, 0.25) is 5.02 Å². The van der Waals surface area contributed by atoms with Crippen molar-refractivity contribution in [3.63, 3.8) is 0 Å². The van der Waals surface area contributed by atoms with Crippen LogP contribution in [0.15, 0.2) is 107 Å². The zero-order chi connectivity index (χ0) is 26.1. The number of anilines is 1. The van der Waals surface area contributed by atoms with Crippen LogP contribution in [0.5, 0.6) is 5.75 Å². The first-order chi connectivity index (χ1) is 18.5. The van der Waals surface area contributed by atoms with Gasteiger partial charge >= 0.3 is 0 Å². The number of fused-ring (bicyclic) bond motifs is 3. The summed E-state index contributed by atoms with van der Waals surface area (Å²) in [6.07, 6.45) is 7.64. The Morgan fingerprint density at radius 3 is 2.63 bits per heavy atom. The number of hydrogen-bond acceptors (Lipinski definition) is 3. The highest BCUT2D eigenvalue weighted by molar-refractivity contribution is 9.10. The molecule has 190 valence electrons. The standard InChI is InChI=1S/C33H28BrClN2O/c1-21-5-15-31-30(17-21)28-3-2-4-29(28)33(37-31)23-8-13-27(14-9-23)36-19-24-18-26(35)12-16-32(24)38-20-22-6-10-25(34)11-7-22/h2-3,5-19,28-29,33,37H,4,20H2,1H3/t28-,29+,33-/m1/s1. The predicted octanol–water partition coefficient (Wildman–Crippen LogP) is 9.57. The van der Waals surface area contributed by atoms with Crippen molar-refractivity contribution in [1.82, 2.24) is 0 Å². The lowest BCUT2D eigenvalue weighted by Gasteiger charge is -2.37. The molecule has 0 saturated heterocycles. The van der Waals surface area contributed by atoms with E-state index in [0.29, 0.717) is 23.5 Å². The third-order valence-corrected chi connectivity index (χ3v) is 8.17. The summed E-state index contributed by atoms with van der Waals surface area (Å²) in [5, 5.41) is 4.47. The molecule has 0 fully saturated rings. The van der Waals surface area contributed by atoms with E-state index in [9.17, 15) is 0 Å². The van der Waals surface area contributed by atoms with Crippen LogP contribution in [0.1, 0.15) is 46.2 Å². The van der Waals surface area contributed by atoms with Crippen molar-refractivity contribution in [2.75, 3.05) is 5.32 Å². The molecule has 5 heteroatoms. The third kappa shape index (κ3) is 5.29. The molecule has 0 spiro atoms. The molecule has 6 rings (SSSR count). The largest absolute Gasteiger partial charge is 0.488 e. The van der Waals surface area contributed by atoms with E-state index in [-0.39, 0.29) is 6.04 Å². The number of halogens is 2. The minimum absolute atomic E-state index is 0.273. The maximum absolute atomic E-state index is 6.29. The molecule has 0 amide bonds. The van der Waals surface area contributed by atoms with Gasteiger partial charge in [0.25, 0.3) is 0 Å². The molecule has 0 aromatic heterocycles. The van der Waals surface area contributed by atoms with E-state index in [1.807, 2.05) is 48.7 Å². The van der Waals surface area contributed by atoms with Crippen LogP contribution in [0.4, 0.5) is 11.4 Å². The fourth-order valence-corrected chi connectivity index (χ4v) is 5.89. The molecule has 1 heterocycles. The third-order valence-electron chi connectivity index (χ3n) is 7.40. The number of nitrogens with zero attached hydrogens (tertiary/aromatic N) is 1. The second-order valence-corrected chi connectivity index (χ2v) is 11.4. The average molecular weight is 584 g/mol. The number of allylic oxidation sites excluding steroid dienone is 2. The Labute approximate surface area is 237 Å². The molecule has 0 unspecified atom stereocenters. The number of benzene rings is 4. The van der Waals surface area contributed by atoms with Crippen molar-refractivity contribution in [2.45, 2.75) is 31.9 Å². The average Bonchev–Trinajstić information content (AvgIpc) is 3.43. The van der Waals surface area contributed by atoms with Crippen molar-refractivity contribution < 1.29 is 4.74 Å². The Bertz CT molecular complexity index is 1510. The van der Waals surface area contributed by atoms with E-state index in [4.69, 9.17) is 21.3 Å². The van der Waals surface area contributed by atoms with E-state index in [1.165, 1.54) is 22.4 Å². The molecule has 4 aromatic rings. The first kappa shape index (κ1) is 25.0. The smallest absolute Gasteiger partial charge is 0.128 e. The van der Waals surface area contributed by atoms with Crippen LogP contribution in [-0.4, -0.2) is 6.21 Å². The van der Waals surface area contributed by atoms with Gasteiger partial charge in [-0.2, -0.15) is 0 Å². The van der Waals surface area contributed by atoms with Crippen LogP contribution in [-0.2, 0) is 6.61 Å². The molecule has 1 N–H and O–H groups in total. The number of rotatable bonds is 6. The number of nitrogens with one attached hydrogen (secondary N) is 1. The van der Waals surface area contributed by atoms with Gasteiger partial charge in [-0.05, 0) is 84.5 Å². The lowest BCUT2D eigenvalue weighted by atomic mass is 9.76. The number of aryl methyl sites for hydroxylation is 1. The van der Waals surface area contributed by atoms with Crippen molar-refractivity contribution in [3.8, 4) is 5.75 Å². The molecule has 3 nitrogen and oxygen atoms in total. The highest BCUT2D eigenvalue weighted by Gasteiger charge is 2.37. The van der Waals surface area contributed by atoms with Crippen molar-refractivity contribution in [1.29, 1.82) is 0 Å². The molecular weight excluding hydrogens is 556 g/mol. The van der Waals surface area contributed by atoms with Gasteiger partial charge in [-0.3, -0.25) is 4.99 Å². The van der Waals surface area contributed by atoms with Gasteiger partial charge in [0.1, 0.15) is 12.4 Å². The van der Waals surface area contributed by atoms with Gasteiger partial charge < -0.3 is 10.1 Å². The summed E-state index contributed by atoms with van der Waals surface area (Å²) in [6.45, 7) is 2.64. The summed E-state index contributed by atoms with van der Waals surface area (Å²) in [5.41, 5.74) is 8.09. The fraction of sp³-hybridized carbons (Fsp3) is 0.182. The lowest BCUT2D eigenvalue weighted by Crippen LogP contribution is -2.29. The molecular formula is C33H28BrClN2O. The monoisotopic (exact) mass is 582 g/mol. The minimum Gasteiger partial charge on any atom is -0.488 e. The van der Waals surface area contributed by atoms with Crippen molar-refractivity contribution in [2.24, 2.45) is 10.9 Å². The second-order valence-electron chi connectivity index (χ2n) is 10.0. The molecule has 1 aliphatic heterocycles. The zero-order valence-electron chi connectivity index (χ0n) is 21.1. The molecule has 0 bridgehead atoms. The van der Waals surface area contributed by atoms with Crippen molar-refractivity contribution in [3.05, 3.63) is 134 Å². The maximum Gasteiger partial charge on any atom is 0.128 e. The highest BCUT2D eigenvalue weighted by Crippen LogP contribution is 2.50. The molecule has 4 aromatic carbocycles. The molecule has 1 aliphatic carbocycles. The van der Waals surface area contributed by atoms with Gasteiger partial charge in [0.05, 0.1) is 11.7 Å². The first-order valence-corrected chi connectivity index (χ1v) is 14.1. The van der Waals surface area contributed by atoms with Gasteiger partial charge in [-0.15, -0.1) is 0 Å². The molecule has 0 radical (unpaired) electrons. The Morgan fingerprint density at radius 1 is 1.00 bits per heavy atom. The van der Waals surface area contributed by atoms with Crippen LogP contribution < -0.4 is 10.1 Å². The fourth-order valence-electron chi connectivity index (χ4n) is 5.45. The Kier molecular flexibility index (Phi) is 7.10.